The van der Waals surface area contributed by atoms with Crippen LogP contribution in [-0.4, -0.2) is 23.7 Å². The molecule has 0 aromatic rings. The topological polar surface area (TPSA) is 3.24 Å². The summed E-state index contributed by atoms with van der Waals surface area (Å²) in [5.74, 6) is 0. The first kappa shape index (κ1) is 8.57. The molecule has 2 heteroatoms. The molecule has 1 rings (SSSR count). The zero-order valence-electron chi connectivity index (χ0n) is 7.36. The van der Waals surface area contributed by atoms with E-state index in [0.29, 0.717) is 13.0 Å². The van der Waals surface area contributed by atoms with Gasteiger partial charge in [0.05, 0.1) is 6.54 Å². The first-order chi connectivity index (χ1) is 5.01. The molecule has 1 heterocycles. The normalized spacial score (nSPS) is 32.1. The lowest BCUT2D eigenvalue weighted by Gasteiger charge is -2.36. The molecule has 1 unspecified atom stereocenters. The van der Waals surface area contributed by atoms with E-state index in [0.717, 1.165) is 18.7 Å². The van der Waals surface area contributed by atoms with E-state index in [1.54, 1.807) is 6.92 Å². The first-order valence-corrected chi connectivity index (χ1v) is 4.11. The van der Waals surface area contributed by atoms with E-state index in [1.807, 2.05) is 11.8 Å². The van der Waals surface area contributed by atoms with Gasteiger partial charge in [-0.05, 0) is 26.7 Å². The molecule has 1 aliphatic rings. The molecule has 0 amide bonds. The first-order valence-electron chi connectivity index (χ1n) is 4.11. The predicted octanol–water partition coefficient (Wildman–Crippen LogP) is 2.34. The lowest BCUT2D eigenvalue weighted by molar-refractivity contribution is 0.0800. The fourth-order valence-corrected chi connectivity index (χ4v) is 1.52. The van der Waals surface area contributed by atoms with E-state index in [-0.39, 0.29) is 0 Å². The summed E-state index contributed by atoms with van der Waals surface area (Å²) in [7, 11) is 0. The smallest absolute Gasteiger partial charge is 0.125 e. The van der Waals surface area contributed by atoms with Crippen LogP contribution in [0.25, 0.3) is 0 Å². The van der Waals surface area contributed by atoms with Crippen molar-refractivity contribution in [2.75, 3.05) is 13.1 Å². The highest BCUT2D eigenvalue weighted by atomic mass is 19.1. The van der Waals surface area contributed by atoms with Crippen LogP contribution in [0.1, 0.15) is 26.7 Å². The maximum absolute atomic E-state index is 13.4. The molecule has 0 aromatic heterocycles. The molecule has 0 saturated carbocycles. The number of alkyl halides is 1. The van der Waals surface area contributed by atoms with Gasteiger partial charge in [0.2, 0.25) is 0 Å². The third-order valence-electron chi connectivity index (χ3n) is 2.19. The number of hydrogen-bond acceptors (Lipinski definition) is 1. The molecule has 0 bridgehead atoms. The van der Waals surface area contributed by atoms with Gasteiger partial charge in [-0.15, -0.1) is 0 Å². The molecule has 0 N–H and O–H groups in total. The Morgan fingerprint density at radius 2 is 2.27 bits per heavy atom. The average molecular weight is 157 g/mol. The summed E-state index contributed by atoms with van der Waals surface area (Å²) >= 11 is 0. The van der Waals surface area contributed by atoms with E-state index >= 15 is 0 Å². The number of halogens is 1. The number of piperidine rings is 1. The molecule has 1 saturated heterocycles. The van der Waals surface area contributed by atoms with E-state index in [4.69, 9.17) is 0 Å². The third kappa shape index (κ3) is 2.21. The molecule has 0 aliphatic carbocycles. The van der Waals surface area contributed by atoms with Crippen LogP contribution in [-0.2, 0) is 0 Å². The molecule has 11 heavy (non-hydrogen) atoms. The van der Waals surface area contributed by atoms with Gasteiger partial charge in [-0.25, -0.2) is 4.39 Å². The summed E-state index contributed by atoms with van der Waals surface area (Å²) in [5.41, 5.74) is -0.0226. The Bertz CT molecular complexity index is 163. The molecule has 0 aromatic carbocycles. The number of likely N-dealkylation sites (tertiary alicyclic amines) is 1. The van der Waals surface area contributed by atoms with Gasteiger partial charge in [-0.2, -0.15) is 0 Å². The Morgan fingerprint density at radius 3 is 2.64 bits per heavy atom. The number of rotatable bonds is 1. The fraction of sp³-hybridized carbons (Fsp3) is 0.778. The summed E-state index contributed by atoms with van der Waals surface area (Å²) in [5, 5.41) is 0. The van der Waals surface area contributed by atoms with Gasteiger partial charge in [-0.3, -0.25) is 0 Å². The molecule has 64 valence electrons. The molecule has 1 fully saturated rings. The zero-order chi connectivity index (χ0) is 8.48. The van der Waals surface area contributed by atoms with Crippen molar-refractivity contribution in [3.8, 4) is 0 Å². The Morgan fingerprint density at radius 1 is 1.64 bits per heavy atom. The summed E-state index contributed by atoms with van der Waals surface area (Å²) in [4.78, 5) is 2.02. The molecule has 0 radical (unpaired) electrons. The third-order valence-corrected chi connectivity index (χ3v) is 2.19. The van der Waals surface area contributed by atoms with E-state index in [2.05, 4.69) is 6.58 Å². The Labute approximate surface area is 67.9 Å². The minimum Gasteiger partial charge on any atom is -0.372 e. The van der Waals surface area contributed by atoms with Crippen LogP contribution in [0, 0.1) is 0 Å². The van der Waals surface area contributed by atoms with Crippen molar-refractivity contribution in [1.82, 2.24) is 4.90 Å². The quantitative estimate of drug-likeness (QED) is 0.564. The van der Waals surface area contributed by atoms with Crippen LogP contribution in [0.5, 0.6) is 0 Å². The van der Waals surface area contributed by atoms with Crippen molar-refractivity contribution in [2.24, 2.45) is 0 Å². The van der Waals surface area contributed by atoms with Crippen molar-refractivity contribution in [1.29, 1.82) is 0 Å². The van der Waals surface area contributed by atoms with Crippen LogP contribution in [0.15, 0.2) is 12.3 Å². The Hall–Kier alpha value is -0.530. The Balaban J connectivity index is 2.53. The van der Waals surface area contributed by atoms with Crippen LogP contribution < -0.4 is 0 Å². The van der Waals surface area contributed by atoms with Crippen LogP contribution in [0.4, 0.5) is 4.39 Å². The molecule has 0 spiro atoms. The average Bonchev–Trinajstić information content (AvgIpc) is 1.85. The molecule has 1 atom stereocenters. The van der Waals surface area contributed by atoms with Gasteiger partial charge >= 0.3 is 0 Å². The van der Waals surface area contributed by atoms with E-state index < -0.39 is 5.67 Å². The highest BCUT2D eigenvalue weighted by Gasteiger charge is 2.29. The van der Waals surface area contributed by atoms with Crippen LogP contribution in [0.2, 0.25) is 0 Å². The van der Waals surface area contributed by atoms with Gasteiger partial charge in [0.15, 0.2) is 0 Å². The largest absolute Gasteiger partial charge is 0.372 e. The fourth-order valence-electron chi connectivity index (χ4n) is 1.52. The second-order valence-corrected chi connectivity index (χ2v) is 3.67. The molecule has 1 nitrogen and oxygen atoms in total. The van der Waals surface area contributed by atoms with Crippen LogP contribution in [0.3, 0.4) is 0 Å². The number of hydrogen-bond donors (Lipinski definition) is 0. The van der Waals surface area contributed by atoms with Crippen molar-refractivity contribution < 1.29 is 4.39 Å². The summed E-state index contributed by atoms with van der Waals surface area (Å²) < 4.78 is 13.4. The van der Waals surface area contributed by atoms with Gasteiger partial charge in [0, 0.05) is 12.2 Å². The predicted molar refractivity (Wildman–Crippen MR) is 45.1 cm³/mol. The van der Waals surface area contributed by atoms with Crippen molar-refractivity contribution in [3.05, 3.63) is 12.3 Å². The monoisotopic (exact) mass is 157 g/mol. The maximum atomic E-state index is 13.4. The van der Waals surface area contributed by atoms with Gasteiger partial charge in [-0.1, -0.05) is 6.58 Å². The SMILES string of the molecule is C=C(C)N1CCCC(C)(F)C1. The summed E-state index contributed by atoms with van der Waals surface area (Å²) in [6.07, 6.45) is 1.64. The summed E-state index contributed by atoms with van der Waals surface area (Å²) in [6.45, 7) is 8.89. The summed E-state index contributed by atoms with van der Waals surface area (Å²) in [6, 6.07) is 0. The maximum Gasteiger partial charge on any atom is 0.125 e. The van der Waals surface area contributed by atoms with Crippen molar-refractivity contribution in [2.45, 2.75) is 32.4 Å². The standard InChI is InChI=1S/C9H16FN/c1-8(2)11-6-4-5-9(3,10)7-11/h1,4-7H2,2-3H3. The molecule has 1 aliphatic heterocycles. The van der Waals surface area contributed by atoms with Gasteiger partial charge < -0.3 is 4.90 Å². The minimum atomic E-state index is -1.00. The van der Waals surface area contributed by atoms with Crippen LogP contribution >= 0.6 is 0 Å². The zero-order valence-corrected chi connectivity index (χ0v) is 7.36. The van der Waals surface area contributed by atoms with E-state index in [9.17, 15) is 4.39 Å². The van der Waals surface area contributed by atoms with E-state index in [1.165, 1.54) is 0 Å². The second kappa shape index (κ2) is 2.84. The molecular formula is C9H16FN. The number of allylic oxidation sites excluding steroid dienone is 1. The second-order valence-electron chi connectivity index (χ2n) is 3.67. The highest BCUT2D eigenvalue weighted by Crippen LogP contribution is 2.25. The lowest BCUT2D eigenvalue weighted by atomic mass is 9.97. The number of nitrogens with zero attached hydrogens (tertiary/aromatic N) is 1. The Kier molecular flexibility index (Phi) is 2.21. The van der Waals surface area contributed by atoms with Gasteiger partial charge in [0.1, 0.15) is 5.67 Å². The van der Waals surface area contributed by atoms with Crippen molar-refractivity contribution >= 4 is 0 Å². The minimum absolute atomic E-state index is 0.516. The molecular weight excluding hydrogens is 141 g/mol. The highest BCUT2D eigenvalue weighted by molar-refractivity contribution is 4.95. The lowest BCUT2D eigenvalue weighted by Crippen LogP contribution is -2.42. The van der Waals surface area contributed by atoms with Crippen molar-refractivity contribution in [3.63, 3.8) is 0 Å². The van der Waals surface area contributed by atoms with Gasteiger partial charge in [0.25, 0.3) is 0 Å².